The van der Waals surface area contributed by atoms with E-state index in [1.54, 1.807) is 0 Å². The fraction of sp³-hybridized carbons (Fsp3) is 0.250. The third-order valence-corrected chi connectivity index (χ3v) is 4.91. The molecule has 0 saturated carbocycles. The van der Waals surface area contributed by atoms with Crippen LogP contribution in [0.5, 0.6) is 0 Å². The Kier molecular flexibility index (Phi) is 6.37. The number of benzene rings is 2. The molecule has 3 rings (SSSR count). The molecule has 0 radical (unpaired) electrons. The van der Waals surface area contributed by atoms with Crippen LogP contribution >= 0.6 is 0 Å². The second kappa shape index (κ2) is 9.13. The first-order valence-corrected chi connectivity index (χ1v) is 9.55. The molecule has 1 aromatic heterocycles. The Morgan fingerprint density at radius 3 is 2.19 bits per heavy atom. The minimum atomic E-state index is -0.0212. The van der Waals surface area contributed by atoms with Crippen LogP contribution in [0.1, 0.15) is 42.9 Å². The summed E-state index contributed by atoms with van der Waals surface area (Å²) in [5, 5.41) is 2.97. The van der Waals surface area contributed by atoms with Crippen LogP contribution in [-0.2, 0) is 17.8 Å². The molecule has 1 amide bonds. The summed E-state index contributed by atoms with van der Waals surface area (Å²) in [5.74, 6) is 0.520. The first-order valence-electron chi connectivity index (χ1n) is 9.55. The third kappa shape index (κ3) is 5.52. The van der Waals surface area contributed by atoms with Crippen molar-refractivity contribution in [2.75, 3.05) is 5.32 Å². The van der Waals surface area contributed by atoms with Crippen molar-refractivity contribution in [3.05, 3.63) is 95.8 Å². The molecule has 0 unspecified atom stereocenters. The number of pyridine rings is 1. The van der Waals surface area contributed by atoms with Gasteiger partial charge in [-0.25, -0.2) is 0 Å². The molecule has 0 spiro atoms. The summed E-state index contributed by atoms with van der Waals surface area (Å²) in [6, 6.07) is 22.7. The lowest BCUT2D eigenvalue weighted by molar-refractivity contribution is -0.684. The lowest BCUT2D eigenvalue weighted by Crippen LogP contribution is -2.39. The number of amides is 1. The average Bonchev–Trinajstić information content (AvgIpc) is 2.70. The molecule has 0 aliphatic rings. The summed E-state index contributed by atoms with van der Waals surface area (Å²) < 4.78 is 1.90. The van der Waals surface area contributed by atoms with E-state index in [0.29, 0.717) is 12.5 Å². The molecule has 0 saturated heterocycles. The number of rotatable bonds is 7. The first-order chi connectivity index (χ1) is 13.1. The summed E-state index contributed by atoms with van der Waals surface area (Å²) in [6.45, 7) is 4.70. The summed E-state index contributed by atoms with van der Waals surface area (Å²) >= 11 is 0. The Hall–Kier alpha value is -2.94. The van der Waals surface area contributed by atoms with Crippen LogP contribution in [0.2, 0.25) is 0 Å². The fourth-order valence-electron chi connectivity index (χ4n) is 3.04. The van der Waals surface area contributed by atoms with Crippen LogP contribution < -0.4 is 9.88 Å². The zero-order chi connectivity index (χ0) is 19.1. The third-order valence-electron chi connectivity index (χ3n) is 4.91. The molecule has 2 aromatic carbocycles. The second-order valence-corrected chi connectivity index (χ2v) is 7.02. The summed E-state index contributed by atoms with van der Waals surface area (Å²) in [7, 11) is 0. The van der Waals surface area contributed by atoms with E-state index >= 15 is 0 Å². The predicted molar refractivity (Wildman–Crippen MR) is 110 cm³/mol. The normalized spacial score (nSPS) is 11.8. The van der Waals surface area contributed by atoms with E-state index in [4.69, 9.17) is 0 Å². The molecule has 1 atom stereocenters. The number of hydrogen-bond acceptors (Lipinski definition) is 1. The maximum absolute atomic E-state index is 12.3. The molecule has 3 nitrogen and oxygen atoms in total. The molecule has 0 fully saturated rings. The van der Waals surface area contributed by atoms with Crippen LogP contribution in [0.25, 0.3) is 0 Å². The van der Waals surface area contributed by atoms with Gasteiger partial charge in [0.15, 0.2) is 12.4 Å². The van der Waals surface area contributed by atoms with Crippen LogP contribution in [0.3, 0.4) is 0 Å². The molecule has 0 bridgehead atoms. The number of nitrogens with one attached hydrogen (secondary N) is 1. The highest BCUT2D eigenvalue weighted by atomic mass is 16.1. The van der Waals surface area contributed by atoms with Crippen molar-refractivity contribution in [1.82, 2.24) is 0 Å². The Morgan fingerprint density at radius 2 is 1.56 bits per heavy atom. The van der Waals surface area contributed by atoms with Gasteiger partial charge in [0.05, 0.1) is 0 Å². The van der Waals surface area contributed by atoms with Crippen molar-refractivity contribution < 1.29 is 9.36 Å². The smallest absolute Gasteiger partial charge is 0.290 e. The molecule has 3 aromatic rings. The van der Waals surface area contributed by atoms with Crippen molar-refractivity contribution >= 4 is 11.6 Å². The number of anilines is 1. The van der Waals surface area contributed by atoms with Gasteiger partial charge in [-0.2, -0.15) is 4.57 Å². The first kappa shape index (κ1) is 18.8. The fourth-order valence-corrected chi connectivity index (χ4v) is 3.04. The maximum atomic E-state index is 12.3. The topological polar surface area (TPSA) is 33.0 Å². The van der Waals surface area contributed by atoms with Gasteiger partial charge in [-0.05, 0) is 47.6 Å². The van der Waals surface area contributed by atoms with E-state index in [9.17, 15) is 4.79 Å². The zero-order valence-electron chi connectivity index (χ0n) is 16.1. The number of carbonyl (C=O) groups is 1. The maximum Gasteiger partial charge on any atom is 0.290 e. The van der Waals surface area contributed by atoms with Crippen molar-refractivity contribution in [2.24, 2.45) is 0 Å². The molecular weight excluding hydrogens is 332 g/mol. The van der Waals surface area contributed by atoms with E-state index in [2.05, 4.69) is 67.7 Å². The van der Waals surface area contributed by atoms with E-state index < -0.39 is 0 Å². The van der Waals surface area contributed by atoms with Crippen LogP contribution in [0.15, 0.2) is 79.1 Å². The number of aromatic nitrogens is 1. The molecular formula is C24H27N2O+. The van der Waals surface area contributed by atoms with Crippen LogP contribution in [0.4, 0.5) is 5.69 Å². The molecule has 27 heavy (non-hydrogen) atoms. The van der Waals surface area contributed by atoms with Gasteiger partial charge in [0.2, 0.25) is 6.54 Å². The number of nitrogens with zero attached hydrogens (tertiary/aromatic N) is 1. The van der Waals surface area contributed by atoms with Crippen LogP contribution in [-0.4, -0.2) is 5.91 Å². The van der Waals surface area contributed by atoms with E-state index in [1.165, 1.54) is 16.7 Å². The van der Waals surface area contributed by atoms with Crippen LogP contribution in [0, 0.1) is 0 Å². The van der Waals surface area contributed by atoms with Crippen molar-refractivity contribution in [3.8, 4) is 0 Å². The summed E-state index contributed by atoms with van der Waals surface area (Å²) in [6.07, 6.45) is 5.94. The van der Waals surface area contributed by atoms with Gasteiger partial charge in [-0.15, -0.1) is 0 Å². The highest BCUT2D eigenvalue weighted by Gasteiger charge is 2.10. The quantitative estimate of drug-likeness (QED) is 0.609. The van der Waals surface area contributed by atoms with Crippen molar-refractivity contribution in [1.29, 1.82) is 0 Å². The lowest BCUT2D eigenvalue weighted by Gasteiger charge is -2.10. The highest BCUT2D eigenvalue weighted by Crippen LogP contribution is 2.20. The summed E-state index contributed by atoms with van der Waals surface area (Å²) in [5.41, 5.74) is 4.67. The monoisotopic (exact) mass is 359 g/mol. The van der Waals surface area contributed by atoms with Crippen molar-refractivity contribution in [3.63, 3.8) is 0 Å². The van der Waals surface area contributed by atoms with Gasteiger partial charge in [0, 0.05) is 17.8 Å². The van der Waals surface area contributed by atoms with Gasteiger partial charge >= 0.3 is 0 Å². The minimum Gasteiger partial charge on any atom is -0.321 e. The van der Waals surface area contributed by atoms with Gasteiger partial charge in [-0.1, -0.05) is 56.3 Å². The highest BCUT2D eigenvalue weighted by molar-refractivity contribution is 5.89. The molecule has 3 heteroatoms. The minimum absolute atomic E-state index is 0.0212. The lowest BCUT2D eigenvalue weighted by atomic mass is 9.99. The van der Waals surface area contributed by atoms with Gasteiger partial charge in [-0.3, -0.25) is 4.79 Å². The van der Waals surface area contributed by atoms with Gasteiger partial charge in [0.25, 0.3) is 5.91 Å². The molecule has 138 valence electrons. The second-order valence-electron chi connectivity index (χ2n) is 7.02. The van der Waals surface area contributed by atoms with E-state index in [1.807, 2.05) is 35.2 Å². The average molecular weight is 359 g/mol. The SMILES string of the molecule is CC[C@@H](C)c1ccc(NC(=O)C[n+]2ccc(Cc3ccccc3)cc2)cc1. The van der Waals surface area contributed by atoms with Gasteiger partial charge < -0.3 is 5.32 Å². The Labute approximate surface area is 161 Å². The molecule has 0 aliphatic heterocycles. The standard InChI is InChI=1S/C24H26N2O/c1-3-19(2)22-9-11-23(12-10-22)25-24(27)18-26-15-13-21(14-16-26)17-20-7-5-4-6-8-20/h4-16,19H,3,17-18H2,1-2H3/p+1/t19-/m1/s1. The van der Waals surface area contributed by atoms with Gasteiger partial charge in [0.1, 0.15) is 0 Å². The van der Waals surface area contributed by atoms with Crippen molar-refractivity contribution in [2.45, 2.75) is 39.2 Å². The zero-order valence-corrected chi connectivity index (χ0v) is 16.1. The van der Waals surface area contributed by atoms with E-state index in [-0.39, 0.29) is 5.91 Å². The predicted octanol–water partition coefficient (Wildman–Crippen LogP) is 4.72. The number of hydrogen-bond donors (Lipinski definition) is 1. The Morgan fingerprint density at radius 1 is 0.926 bits per heavy atom. The Balaban J connectivity index is 1.54. The summed E-state index contributed by atoms with van der Waals surface area (Å²) in [4.78, 5) is 12.3. The number of carbonyl (C=O) groups excluding carboxylic acids is 1. The Bertz CT molecular complexity index is 855. The van der Waals surface area contributed by atoms with E-state index in [0.717, 1.165) is 18.5 Å². The molecule has 1 heterocycles. The molecule has 1 N–H and O–H groups in total. The largest absolute Gasteiger partial charge is 0.321 e. The molecule has 0 aliphatic carbocycles.